The van der Waals surface area contributed by atoms with Crippen LogP contribution in [0.1, 0.15) is 34.0 Å². The van der Waals surface area contributed by atoms with Crippen LogP contribution in [-0.2, 0) is 9.53 Å². The van der Waals surface area contributed by atoms with E-state index in [0.717, 1.165) is 32.6 Å². The average Bonchev–Trinajstić information content (AvgIpc) is 3.17. The first-order valence-electron chi connectivity index (χ1n) is 10.9. The Morgan fingerprint density at radius 1 is 1.06 bits per heavy atom. The van der Waals surface area contributed by atoms with Gasteiger partial charge in [0.2, 0.25) is 0 Å². The molecule has 3 aromatic carbocycles. The van der Waals surface area contributed by atoms with Crippen LogP contribution in [0.25, 0.3) is 11.8 Å². The lowest BCUT2D eigenvalue weighted by Crippen LogP contribution is -2.26. The molecule has 0 N–H and O–H groups in total. The highest BCUT2D eigenvalue weighted by atomic mass is 79.9. The molecule has 0 unspecified atom stereocenters. The SMILES string of the molecule is CCOc1ccc(/C=C2\C=C(c3ccccc3)N(c3cc(C(=O)OC)ccc3C)C2=O)cc1Br. The van der Waals surface area contributed by atoms with E-state index in [-0.39, 0.29) is 5.91 Å². The molecular formula is C28H24BrNO4. The van der Waals surface area contributed by atoms with Crippen molar-refractivity contribution in [1.29, 1.82) is 0 Å². The molecule has 4 rings (SSSR count). The van der Waals surface area contributed by atoms with Crippen LogP contribution in [0.15, 0.2) is 82.9 Å². The van der Waals surface area contributed by atoms with E-state index in [4.69, 9.17) is 9.47 Å². The normalized spacial score (nSPS) is 14.4. The maximum Gasteiger partial charge on any atom is 0.337 e. The number of rotatable bonds is 6. The molecule has 6 heteroatoms. The molecule has 1 aliphatic heterocycles. The summed E-state index contributed by atoms with van der Waals surface area (Å²) in [4.78, 5) is 27.5. The third-order valence-corrected chi connectivity index (χ3v) is 6.12. The van der Waals surface area contributed by atoms with Crippen LogP contribution in [0.3, 0.4) is 0 Å². The Bertz CT molecular complexity index is 1310. The molecule has 0 spiro atoms. The number of hydrogen-bond acceptors (Lipinski definition) is 4. The van der Waals surface area contributed by atoms with E-state index in [1.807, 2.05) is 80.6 Å². The summed E-state index contributed by atoms with van der Waals surface area (Å²) in [5.41, 5.74) is 4.94. The first-order chi connectivity index (χ1) is 16.4. The fourth-order valence-electron chi connectivity index (χ4n) is 3.83. The number of carbonyl (C=O) groups excluding carboxylic acids is 2. The topological polar surface area (TPSA) is 55.8 Å². The monoisotopic (exact) mass is 517 g/mol. The van der Waals surface area contributed by atoms with E-state index >= 15 is 0 Å². The number of hydrogen-bond donors (Lipinski definition) is 0. The second-order valence-corrected chi connectivity index (χ2v) is 8.61. The van der Waals surface area contributed by atoms with Gasteiger partial charge in [-0.3, -0.25) is 9.69 Å². The quantitative estimate of drug-likeness (QED) is 0.280. The predicted molar refractivity (Wildman–Crippen MR) is 138 cm³/mol. The summed E-state index contributed by atoms with van der Waals surface area (Å²) in [6.07, 6.45) is 3.73. The standard InChI is InChI=1S/C28H24BrNO4/c1-4-34-26-13-11-19(15-23(26)29)14-22-17-25(20-8-6-5-7-9-20)30(27(22)31)24-16-21(28(32)33-3)12-10-18(24)2/h5-17H,4H2,1-3H3/b22-14+. The summed E-state index contributed by atoms with van der Waals surface area (Å²) in [6, 6.07) is 20.7. The summed E-state index contributed by atoms with van der Waals surface area (Å²) in [5.74, 6) is 0.127. The number of esters is 1. The van der Waals surface area contributed by atoms with Crippen molar-refractivity contribution in [3.05, 3.63) is 105 Å². The molecule has 0 bridgehead atoms. The largest absolute Gasteiger partial charge is 0.493 e. The van der Waals surface area contributed by atoms with Crippen LogP contribution < -0.4 is 9.64 Å². The van der Waals surface area contributed by atoms with E-state index in [1.54, 1.807) is 17.0 Å². The van der Waals surface area contributed by atoms with Crippen molar-refractivity contribution in [2.45, 2.75) is 13.8 Å². The average molecular weight is 518 g/mol. The van der Waals surface area contributed by atoms with Gasteiger partial charge in [0.1, 0.15) is 5.75 Å². The molecule has 1 heterocycles. The van der Waals surface area contributed by atoms with Crippen molar-refractivity contribution in [2.24, 2.45) is 0 Å². The van der Waals surface area contributed by atoms with E-state index in [1.165, 1.54) is 7.11 Å². The summed E-state index contributed by atoms with van der Waals surface area (Å²) < 4.78 is 11.3. The van der Waals surface area contributed by atoms with Crippen LogP contribution in [0, 0.1) is 6.92 Å². The number of methoxy groups -OCH3 is 1. The second-order valence-electron chi connectivity index (χ2n) is 7.75. The molecule has 0 saturated carbocycles. The molecule has 0 aliphatic carbocycles. The molecule has 34 heavy (non-hydrogen) atoms. The second kappa shape index (κ2) is 10.1. The van der Waals surface area contributed by atoms with E-state index in [0.29, 0.717) is 23.4 Å². The van der Waals surface area contributed by atoms with E-state index < -0.39 is 5.97 Å². The predicted octanol–water partition coefficient (Wildman–Crippen LogP) is 6.41. The molecule has 0 atom stereocenters. The molecule has 172 valence electrons. The molecule has 0 radical (unpaired) electrons. The molecule has 0 aromatic heterocycles. The molecule has 0 fully saturated rings. The number of nitrogens with zero attached hydrogens (tertiary/aromatic N) is 1. The highest BCUT2D eigenvalue weighted by molar-refractivity contribution is 9.10. The van der Waals surface area contributed by atoms with Crippen LogP contribution in [0.2, 0.25) is 0 Å². The summed E-state index contributed by atoms with van der Waals surface area (Å²) in [5, 5.41) is 0. The Morgan fingerprint density at radius 3 is 2.50 bits per heavy atom. The Kier molecular flexibility index (Phi) is 6.98. The van der Waals surface area contributed by atoms with Gasteiger partial charge in [0.15, 0.2) is 0 Å². The number of ether oxygens (including phenoxy) is 2. The van der Waals surface area contributed by atoms with Gasteiger partial charge in [-0.25, -0.2) is 4.79 Å². The van der Waals surface area contributed by atoms with Crippen LogP contribution in [0.5, 0.6) is 5.75 Å². The first kappa shape index (κ1) is 23.5. The Labute approximate surface area is 207 Å². The molecule has 1 amide bonds. The van der Waals surface area contributed by atoms with Crippen molar-refractivity contribution in [1.82, 2.24) is 0 Å². The van der Waals surface area contributed by atoms with Gasteiger partial charge in [0, 0.05) is 5.57 Å². The van der Waals surface area contributed by atoms with Crippen LogP contribution in [0.4, 0.5) is 5.69 Å². The number of benzene rings is 3. The highest BCUT2D eigenvalue weighted by Gasteiger charge is 2.31. The fraction of sp³-hybridized carbons (Fsp3) is 0.143. The number of amides is 1. The zero-order chi connectivity index (χ0) is 24.2. The minimum Gasteiger partial charge on any atom is -0.493 e. The lowest BCUT2D eigenvalue weighted by Gasteiger charge is -2.23. The lowest BCUT2D eigenvalue weighted by molar-refractivity contribution is -0.113. The van der Waals surface area contributed by atoms with Gasteiger partial charge in [-0.15, -0.1) is 0 Å². The van der Waals surface area contributed by atoms with Gasteiger partial charge in [0.05, 0.1) is 35.1 Å². The maximum atomic E-state index is 13.7. The van der Waals surface area contributed by atoms with Crippen molar-refractivity contribution in [3.63, 3.8) is 0 Å². The summed E-state index contributed by atoms with van der Waals surface area (Å²) >= 11 is 3.54. The number of aryl methyl sites for hydroxylation is 1. The molecular weight excluding hydrogens is 494 g/mol. The van der Waals surface area contributed by atoms with Gasteiger partial charge in [-0.1, -0.05) is 42.5 Å². The van der Waals surface area contributed by atoms with Crippen molar-refractivity contribution in [3.8, 4) is 5.75 Å². The zero-order valence-corrected chi connectivity index (χ0v) is 20.8. The fourth-order valence-corrected chi connectivity index (χ4v) is 4.34. The van der Waals surface area contributed by atoms with E-state index in [9.17, 15) is 9.59 Å². The smallest absolute Gasteiger partial charge is 0.337 e. The first-order valence-corrected chi connectivity index (χ1v) is 11.7. The number of anilines is 1. The van der Waals surface area contributed by atoms with Crippen LogP contribution in [-0.4, -0.2) is 25.6 Å². The van der Waals surface area contributed by atoms with Crippen molar-refractivity contribution >= 4 is 45.3 Å². The minimum absolute atomic E-state index is 0.172. The van der Waals surface area contributed by atoms with Crippen molar-refractivity contribution < 1.29 is 19.1 Å². The molecule has 5 nitrogen and oxygen atoms in total. The third-order valence-electron chi connectivity index (χ3n) is 5.50. The molecule has 3 aromatic rings. The summed E-state index contributed by atoms with van der Waals surface area (Å²) in [7, 11) is 1.34. The van der Waals surface area contributed by atoms with E-state index in [2.05, 4.69) is 15.9 Å². The number of carbonyl (C=O) groups is 2. The Balaban J connectivity index is 1.82. The van der Waals surface area contributed by atoms with Gasteiger partial charge in [-0.05, 0) is 82.9 Å². The number of halogens is 1. The van der Waals surface area contributed by atoms with Gasteiger partial charge in [0.25, 0.3) is 5.91 Å². The zero-order valence-electron chi connectivity index (χ0n) is 19.2. The lowest BCUT2D eigenvalue weighted by atomic mass is 10.1. The van der Waals surface area contributed by atoms with Gasteiger partial charge >= 0.3 is 5.97 Å². The van der Waals surface area contributed by atoms with Crippen LogP contribution >= 0.6 is 15.9 Å². The van der Waals surface area contributed by atoms with Gasteiger partial charge in [-0.2, -0.15) is 0 Å². The molecule has 0 saturated heterocycles. The maximum absolute atomic E-state index is 13.7. The van der Waals surface area contributed by atoms with Crippen molar-refractivity contribution in [2.75, 3.05) is 18.6 Å². The third kappa shape index (κ3) is 4.68. The Hall–Kier alpha value is -3.64. The Morgan fingerprint density at radius 2 is 1.82 bits per heavy atom. The summed E-state index contributed by atoms with van der Waals surface area (Å²) in [6.45, 7) is 4.42. The minimum atomic E-state index is -0.451. The molecule has 1 aliphatic rings. The van der Waals surface area contributed by atoms with Gasteiger partial charge < -0.3 is 9.47 Å². The highest BCUT2D eigenvalue weighted by Crippen LogP contribution is 2.38.